The van der Waals surface area contributed by atoms with E-state index in [4.69, 9.17) is 9.47 Å². The number of carbonyl (C=O) groups excluding carboxylic acids is 1. The summed E-state index contributed by atoms with van der Waals surface area (Å²) in [4.78, 5) is 11.2. The highest BCUT2D eigenvalue weighted by atomic mass is 127. The third kappa shape index (κ3) is 4.51. The third-order valence-electron chi connectivity index (χ3n) is 1.56. The molecule has 0 saturated carbocycles. The molecule has 0 radical (unpaired) electrons. The maximum absolute atomic E-state index is 11.2. The normalized spacial score (nSPS) is 10.1. The number of benzene rings is 1. The predicted octanol–water partition coefficient (Wildman–Crippen LogP) is 3.46. The van der Waals surface area contributed by atoms with Gasteiger partial charge in [0.1, 0.15) is 5.75 Å². The Balaban J connectivity index is 2.48. The van der Waals surface area contributed by atoms with Crippen LogP contribution in [0.2, 0.25) is 0 Å². The molecule has 1 aromatic rings. The molecule has 0 N–H and O–H groups in total. The molecule has 0 aliphatic heterocycles. The van der Waals surface area contributed by atoms with Crippen LogP contribution in [0.1, 0.15) is 13.8 Å². The van der Waals surface area contributed by atoms with Crippen molar-refractivity contribution in [2.45, 2.75) is 13.8 Å². The van der Waals surface area contributed by atoms with Gasteiger partial charge in [0.05, 0.1) is 10.2 Å². The van der Waals surface area contributed by atoms with Crippen molar-refractivity contribution in [2.24, 2.45) is 5.92 Å². The molecule has 15 heavy (non-hydrogen) atoms. The molecule has 0 saturated heterocycles. The lowest BCUT2D eigenvalue weighted by atomic mass is 10.2. The average Bonchev–Trinajstić information content (AvgIpc) is 2.18. The second kappa shape index (κ2) is 5.95. The van der Waals surface area contributed by atoms with Gasteiger partial charge in [0, 0.05) is 0 Å². The van der Waals surface area contributed by atoms with E-state index in [1.807, 2.05) is 32.0 Å². The van der Waals surface area contributed by atoms with Gasteiger partial charge in [-0.1, -0.05) is 26.0 Å². The minimum atomic E-state index is -0.646. The fraction of sp³-hybridized carbons (Fsp3) is 0.364. The minimum absolute atomic E-state index is 0.312. The number of hydrogen-bond acceptors (Lipinski definition) is 3. The Bertz CT molecular complexity index is 336. The van der Waals surface area contributed by atoms with Crippen molar-refractivity contribution in [1.82, 2.24) is 0 Å². The summed E-state index contributed by atoms with van der Waals surface area (Å²) in [5, 5.41) is 0. The van der Waals surface area contributed by atoms with Crippen molar-refractivity contribution in [2.75, 3.05) is 6.61 Å². The highest BCUT2D eigenvalue weighted by Crippen LogP contribution is 2.20. The first-order valence-corrected chi connectivity index (χ1v) is 5.76. The molecule has 0 bridgehead atoms. The molecule has 0 atom stereocenters. The van der Waals surface area contributed by atoms with Crippen LogP contribution >= 0.6 is 22.6 Å². The number of halogens is 1. The Morgan fingerprint density at radius 3 is 2.67 bits per heavy atom. The zero-order valence-electron chi connectivity index (χ0n) is 8.70. The van der Waals surface area contributed by atoms with E-state index in [9.17, 15) is 4.79 Å². The maximum atomic E-state index is 11.2. The van der Waals surface area contributed by atoms with Gasteiger partial charge in [-0.05, 0) is 40.6 Å². The first-order chi connectivity index (χ1) is 7.09. The van der Waals surface area contributed by atoms with Crippen molar-refractivity contribution in [3.05, 3.63) is 27.8 Å². The second-order valence-electron chi connectivity index (χ2n) is 3.49. The second-order valence-corrected chi connectivity index (χ2v) is 4.65. The average molecular weight is 320 g/mol. The molecule has 4 heteroatoms. The number of para-hydroxylation sites is 1. The lowest BCUT2D eigenvalue weighted by Crippen LogP contribution is -2.14. The van der Waals surface area contributed by atoms with Gasteiger partial charge in [-0.3, -0.25) is 0 Å². The molecule has 0 aliphatic rings. The summed E-state index contributed by atoms with van der Waals surface area (Å²) < 4.78 is 10.8. The Hall–Kier alpha value is -0.780. The van der Waals surface area contributed by atoms with E-state index in [0.29, 0.717) is 18.3 Å². The van der Waals surface area contributed by atoms with Gasteiger partial charge in [-0.25, -0.2) is 4.79 Å². The molecule has 0 fully saturated rings. The standard InChI is InChI=1S/C11H13IO3/c1-8(2)7-14-11(13)15-10-6-4-3-5-9(10)12/h3-6,8H,7H2,1-2H3. The first kappa shape index (κ1) is 12.3. The molecule has 82 valence electrons. The summed E-state index contributed by atoms with van der Waals surface area (Å²) in [6.45, 7) is 4.32. The molecule has 0 heterocycles. The molecule has 0 aromatic heterocycles. The van der Waals surface area contributed by atoms with E-state index in [1.54, 1.807) is 6.07 Å². The van der Waals surface area contributed by atoms with Crippen molar-refractivity contribution in [1.29, 1.82) is 0 Å². The molecule has 0 aliphatic carbocycles. The van der Waals surface area contributed by atoms with Crippen LogP contribution in [0.4, 0.5) is 4.79 Å². The minimum Gasteiger partial charge on any atom is -0.434 e. The fourth-order valence-electron chi connectivity index (χ4n) is 0.881. The SMILES string of the molecule is CC(C)COC(=O)Oc1ccccc1I. The third-order valence-corrected chi connectivity index (χ3v) is 2.46. The molecule has 3 nitrogen and oxygen atoms in total. The van der Waals surface area contributed by atoms with E-state index in [0.717, 1.165) is 3.57 Å². The maximum Gasteiger partial charge on any atom is 0.513 e. The van der Waals surface area contributed by atoms with Gasteiger partial charge in [0.25, 0.3) is 0 Å². The van der Waals surface area contributed by atoms with Gasteiger partial charge in [-0.15, -0.1) is 0 Å². The largest absolute Gasteiger partial charge is 0.513 e. The van der Waals surface area contributed by atoms with E-state index in [2.05, 4.69) is 22.6 Å². The van der Waals surface area contributed by atoms with Gasteiger partial charge in [0.2, 0.25) is 0 Å². The molecule has 0 unspecified atom stereocenters. The van der Waals surface area contributed by atoms with Crippen molar-refractivity contribution < 1.29 is 14.3 Å². The molecule has 0 spiro atoms. The van der Waals surface area contributed by atoms with Crippen molar-refractivity contribution in [3.63, 3.8) is 0 Å². The van der Waals surface area contributed by atoms with Crippen LogP contribution in [0, 0.1) is 9.49 Å². The highest BCUT2D eigenvalue weighted by molar-refractivity contribution is 14.1. The van der Waals surface area contributed by atoms with Crippen LogP contribution in [-0.2, 0) is 4.74 Å². The Morgan fingerprint density at radius 1 is 1.40 bits per heavy atom. The van der Waals surface area contributed by atoms with Crippen molar-refractivity contribution >= 4 is 28.7 Å². The van der Waals surface area contributed by atoms with E-state index in [-0.39, 0.29) is 0 Å². The van der Waals surface area contributed by atoms with Gasteiger partial charge < -0.3 is 9.47 Å². The summed E-state index contributed by atoms with van der Waals surface area (Å²) in [6, 6.07) is 7.30. The van der Waals surface area contributed by atoms with Crippen LogP contribution in [0.25, 0.3) is 0 Å². The number of carbonyl (C=O) groups is 1. The topological polar surface area (TPSA) is 35.5 Å². The van der Waals surface area contributed by atoms with Crippen LogP contribution in [-0.4, -0.2) is 12.8 Å². The first-order valence-electron chi connectivity index (χ1n) is 4.68. The quantitative estimate of drug-likeness (QED) is 0.486. The van der Waals surface area contributed by atoms with Crippen LogP contribution in [0.5, 0.6) is 5.75 Å². The van der Waals surface area contributed by atoms with E-state index < -0.39 is 6.16 Å². The lowest BCUT2D eigenvalue weighted by molar-refractivity contribution is 0.0883. The lowest BCUT2D eigenvalue weighted by Gasteiger charge is -2.08. The summed E-state index contributed by atoms with van der Waals surface area (Å²) >= 11 is 2.10. The van der Waals surface area contributed by atoms with E-state index >= 15 is 0 Å². The smallest absolute Gasteiger partial charge is 0.434 e. The number of hydrogen-bond donors (Lipinski definition) is 0. The zero-order valence-corrected chi connectivity index (χ0v) is 10.9. The molecular formula is C11H13IO3. The number of rotatable bonds is 3. The van der Waals surface area contributed by atoms with Crippen molar-refractivity contribution in [3.8, 4) is 5.75 Å². The van der Waals surface area contributed by atoms with E-state index in [1.165, 1.54) is 0 Å². The Labute approximate surface area is 103 Å². The zero-order chi connectivity index (χ0) is 11.3. The number of ether oxygens (including phenoxy) is 2. The van der Waals surface area contributed by atoms with Crippen LogP contribution in [0.3, 0.4) is 0 Å². The summed E-state index contributed by atoms with van der Waals surface area (Å²) in [6.07, 6.45) is -0.646. The Morgan fingerprint density at radius 2 is 2.07 bits per heavy atom. The molecule has 0 amide bonds. The fourth-order valence-corrected chi connectivity index (χ4v) is 1.38. The van der Waals surface area contributed by atoms with Crippen LogP contribution < -0.4 is 4.74 Å². The van der Waals surface area contributed by atoms with Gasteiger partial charge in [-0.2, -0.15) is 0 Å². The molecule has 1 aromatic carbocycles. The van der Waals surface area contributed by atoms with Crippen LogP contribution in [0.15, 0.2) is 24.3 Å². The molecule has 1 rings (SSSR count). The summed E-state index contributed by atoms with van der Waals surface area (Å²) in [7, 11) is 0. The Kier molecular flexibility index (Phi) is 4.87. The summed E-state index contributed by atoms with van der Waals surface area (Å²) in [5.41, 5.74) is 0. The monoisotopic (exact) mass is 320 g/mol. The van der Waals surface area contributed by atoms with Gasteiger partial charge >= 0.3 is 6.16 Å². The summed E-state index contributed by atoms with van der Waals surface area (Å²) in [5.74, 6) is 0.847. The van der Waals surface area contributed by atoms with Gasteiger partial charge in [0.15, 0.2) is 0 Å². The predicted molar refractivity (Wildman–Crippen MR) is 66.0 cm³/mol. The highest BCUT2D eigenvalue weighted by Gasteiger charge is 2.08. The molecular weight excluding hydrogens is 307 g/mol.